The van der Waals surface area contributed by atoms with Crippen LogP contribution in [0.3, 0.4) is 0 Å². The first-order chi connectivity index (χ1) is 10.3. The second-order valence-electron chi connectivity index (χ2n) is 5.25. The fourth-order valence-electron chi connectivity index (χ4n) is 2.82. The van der Waals surface area contributed by atoms with Crippen LogP contribution in [0.2, 0.25) is 0 Å². The zero-order chi connectivity index (χ0) is 14.5. The number of pyridine rings is 1. The molecule has 1 aliphatic heterocycles. The Hall–Kier alpha value is -2.07. The van der Waals surface area contributed by atoms with Gasteiger partial charge in [-0.15, -0.1) is 12.4 Å². The van der Waals surface area contributed by atoms with Crippen molar-refractivity contribution in [3.63, 3.8) is 0 Å². The molecule has 0 bridgehead atoms. The zero-order valence-corrected chi connectivity index (χ0v) is 13.1. The molecule has 0 aliphatic carbocycles. The molecule has 1 saturated heterocycles. The molecule has 0 radical (unpaired) electrons. The van der Waals surface area contributed by atoms with Gasteiger partial charge in [0.1, 0.15) is 0 Å². The van der Waals surface area contributed by atoms with E-state index < -0.39 is 0 Å². The number of likely N-dealkylation sites (tertiary alicyclic amines) is 1. The molecular formula is C17H20ClN3O. The molecule has 0 saturated carbocycles. The number of amides is 1. The van der Waals surface area contributed by atoms with Crippen molar-refractivity contribution in [2.45, 2.75) is 18.9 Å². The van der Waals surface area contributed by atoms with E-state index in [9.17, 15) is 4.79 Å². The summed E-state index contributed by atoms with van der Waals surface area (Å²) in [6.45, 7) is 1.16. The molecule has 2 heterocycles. The van der Waals surface area contributed by atoms with Crippen molar-refractivity contribution < 1.29 is 4.79 Å². The van der Waals surface area contributed by atoms with Gasteiger partial charge >= 0.3 is 0 Å². The van der Waals surface area contributed by atoms with Gasteiger partial charge in [0.15, 0.2) is 0 Å². The van der Waals surface area contributed by atoms with Gasteiger partial charge in [-0.05, 0) is 36.6 Å². The van der Waals surface area contributed by atoms with Crippen LogP contribution in [0.1, 0.15) is 24.4 Å². The van der Waals surface area contributed by atoms with Gasteiger partial charge in [-0.25, -0.2) is 0 Å². The largest absolute Gasteiger partial charge is 0.376 e. The lowest BCUT2D eigenvalue weighted by Crippen LogP contribution is -2.35. The van der Waals surface area contributed by atoms with Gasteiger partial charge in [0.25, 0.3) is 0 Å². The minimum atomic E-state index is 0. The maximum atomic E-state index is 12.4. The highest BCUT2D eigenvalue weighted by molar-refractivity contribution is 5.85. The van der Waals surface area contributed by atoms with Gasteiger partial charge in [0, 0.05) is 24.6 Å². The van der Waals surface area contributed by atoms with Crippen LogP contribution in [0.15, 0.2) is 54.9 Å². The standard InChI is InChI=1S/C17H19N3O.ClH/c21-17(13-19-15-7-2-1-3-8-15)20-11-5-9-16(20)14-6-4-10-18-12-14;/h1-4,6-8,10,12,16,19H,5,9,11,13H2;1H. The van der Waals surface area contributed by atoms with Crippen molar-refractivity contribution in [3.05, 3.63) is 60.4 Å². The Morgan fingerprint density at radius 3 is 2.77 bits per heavy atom. The van der Waals surface area contributed by atoms with Crippen molar-refractivity contribution in [2.24, 2.45) is 0 Å². The molecule has 1 aromatic carbocycles. The monoisotopic (exact) mass is 317 g/mol. The molecule has 5 heteroatoms. The summed E-state index contributed by atoms with van der Waals surface area (Å²) in [6.07, 6.45) is 5.70. The molecule has 0 spiro atoms. The van der Waals surface area contributed by atoms with Gasteiger partial charge in [0.2, 0.25) is 5.91 Å². The highest BCUT2D eigenvalue weighted by Gasteiger charge is 2.29. The number of hydrogen-bond acceptors (Lipinski definition) is 3. The molecule has 2 aromatic rings. The highest BCUT2D eigenvalue weighted by atomic mass is 35.5. The normalized spacial score (nSPS) is 16.9. The average Bonchev–Trinajstić information content (AvgIpc) is 3.04. The summed E-state index contributed by atoms with van der Waals surface area (Å²) in [7, 11) is 0. The second kappa shape index (κ2) is 7.80. The quantitative estimate of drug-likeness (QED) is 0.941. The van der Waals surface area contributed by atoms with Crippen LogP contribution in [0, 0.1) is 0 Å². The number of hydrogen-bond donors (Lipinski definition) is 1. The number of halogens is 1. The SMILES string of the molecule is Cl.O=C(CNc1ccccc1)N1CCCC1c1cccnc1. The predicted molar refractivity (Wildman–Crippen MR) is 90.1 cm³/mol. The summed E-state index contributed by atoms with van der Waals surface area (Å²) in [5, 5.41) is 3.19. The van der Waals surface area contributed by atoms with E-state index in [1.54, 1.807) is 6.20 Å². The van der Waals surface area contributed by atoms with E-state index in [4.69, 9.17) is 0 Å². The van der Waals surface area contributed by atoms with Gasteiger partial charge in [-0.1, -0.05) is 24.3 Å². The van der Waals surface area contributed by atoms with E-state index in [-0.39, 0.29) is 24.4 Å². The Bertz CT molecular complexity index is 591. The van der Waals surface area contributed by atoms with Gasteiger partial charge < -0.3 is 10.2 Å². The molecule has 1 N–H and O–H groups in total. The van der Waals surface area contributed by atoms with Crippen LogP contribution >= 0.6 is 12.4 Å². The van der Waals surface area contributed by atoms with Crippen LogP contribution < -0.4 is 5.32 Å². The Labute approximate surface area is 137 Å². The molecule has 1 aliphatic rings. The summed E-state index contributed by atoms with van der Waals surface area (Å²) in [4.78, 5) is 18.6. The minimum absolute atomic E-state index is 0. The molecular weight excluding hydrogens is 298 g/mol. The fraction of sp³-hybridized carbons (Fsp3) is 0.294. The number of nitrogens with zero attached hydrogens (tertiary/aromatic N) is 2. The summed E-state index contributed by atoms with van der Waals surface area (Å²) in [5.74, 6) is 0.144. The number of nitrogens with one attached hydrogen (secondary N) is 1. The topological polar surface area (TPSA) is 45.2 Å². The molecule has 116 valence electrons. The highest BCUT2D eigenvalue weighted by Crippen LogP contribution is 2.31. The van der Waals surface area contributed by atoms with Crippen molar-refractivity contribution in [3.8, 4) is 0 Å². The molecule has 22 heavy (non-hydrogen) atoms. The van der Waals surface area contributed by atoms with Crippen LogP contribution in [0.25, 0.3) is 0 Å². The van der Waals surface area contributed by atoms with E-state index >= 15 is 0 Å². The van der Waals surface area contributed by atoms with Crippen molar-refractivity contribution in [1.82, 2.24) is 9.88 Å². The Kier molecular flexibility index (Phi) is 5.78. The smallest absolute Gasteiger partial charge is 0.242 e. The Balaban J connectivity index is 0.00000176. The van der Waals surface area contributed by atoms with Crippen molar-refractivity contribution >= 4 is 24.0 Å². The van der Waals surface area contributed by atoms with E-state index in [1.807, 2.05) is 53.6 Å². The van der Waals surface area contributed by atoms with Crippen LogP contribution in [-0.4, -0.2) is 28.9 Å². The molecule has 3 rings (SSSR count). The lowest BCUT2D eigenvalue weighted by atomic mass is 10.1. The van der Waals surface area contributed by atoms with Crippen LogP contribution in [-0.2, 0) is 4.79 Å². The number of carbonyl (C=O) groups is 1. The van der Waals surface area contributed by atoms with E-state index in [1.165, 1.54) is 0 Å². The predicted octanol–water partition coefficient (Wildman–Crippen LogP) is 3.28. The first kappa shape index (κ1) is 16.3. The molecule has 1 atom stereocenters. The van der Waals surface area contributed by atoms with Crippen molar-refractivity contribution in [1.29, 1.82) is 0 Å². The minimum Gasteiger partial charge on any atom is -0.376 e. The molecule has 1 unspecified atom stereocenters. The summed E-state index contributed by atoms with van der Waals surface area (Å²) >= 11 is 0. The third-order valence-electron chi connectivity index (χ3n) is 3.86. The maximum Gasteiger partial charge on any atom is 0.242 e. The summed E-state index contributed by atoms with van der Waals surface area (Å²) in [5.41, 5.74) is 2.10. The van der Waals surface area contributed by atoms with Crippen LogP contribution in [0.5, 0.6) is 0 Å². The first-order valence-electron chi connectivity index (χ1n) is 7.33. The van der Waals surface area contributed by atoms with Crippen LogP contribution in [0.4, 0.5) is 5.69 Å². The third-order valence-corrected chi connectivity index (χ3v) is 3.86. The van der Waals surface area contributed by atoms with Gasteiger partial charge in [0.05, 0.1) is 12.6 Å². The number of aromatic nitrogens is 1. The lowest BCUT2D eigenvalue weighted by Gasteiger charge is -2.25. The van der Waals surface area contributed by atoms with Crippen molar-refractivity contribution in [2.75, 3.05) is 18.4 Å². The summed E-state index contributed by atoms with van der Waals surface area (Å²) in [6, 6.07) is 14.0. The maximum absolute atomic E-state index is 12.4. The van der Waals surface area contributed by atoms with E-state index in [0.29, 0.717) is 6.54 Å². The Morgan fingerprint density at radius 2 is 2.05 bits per heavy atom. The molecule has 1 fully saturated rings. The fourth-order valence-corrected chi connectivity index (χ4v) is 2.82. The zero-order valence-electron chi connectivity index (χ0n) is 12.3. The number of benzene rings is 1. The second-order valence-corrected chi connectivity index (χ2v) is 5.25. The number of para-hydroxylation sites is 1. The van der Waals surface area contributed by atoms with Gasteiger partial charge in [-0.3, -0.25) is 9.78 Å². The number of anilines is 1. The van der Waals surface area contributed by atoms with E-state index in [2.05, 4.69) is 10.3 Å². The third kappa shape index (κ3) is 3.77. The van der Waals surface area contributed by atoms with Gasteiger partial charge in [-0.2, -0.15) is 0 Å². The number of carbonyl (C=O) groups excluding carboxylic acids is 1. The lowest BCUT2D eigenvalue weighted by molar-refractivity contribution is -0.130. The summed E-state index contributed by atoms with van der Waals surface area (Å²) < 4.78 is 0. The van der Waals surface area contributed by atoms with E-state index in [0.717, 1.165) is 30.6 Å². The molecule has 4 nitrogen and oxygen atoms in total. The average molecular weight is 318 g/mol. The first-order valence-corrected chi connectivity index (χ1v) is 7.33. The Morgan fingerprint density at radius 1 is 1.23 bits per heavy atom. The molecule has 1 aromatic heterocycles. The molecule has 1 amide bonds. The number of rotatable bonds is 4.